The Morgan fingerprint density at radius 3 is 3.06 bits per heavy atom. The molecule has 0 saturated heterocycles. The third-order valence-corrected chi connectivity index (χ3v) is 2.30. The van der Waals surface area contributed by atoms with Gasteiger partial charge in [-0.25, -0.2) is 4.98 Å². The zero-order valence-electron chi connectivity index (χ0n) is 9.27. The molecule has 0 aliphatic rings. The summed E-state index contributed by atoms with van der Waals surface area (Å²) in [6.45, 7) is 1.26. The topological polar surface area (TPSA) is 75.7 Å². The highest BCUT2D eigenvalue weighted by Crippen LogP contribution is 2.16. The summed E-state index contributed by atoms with van der Waals surface area (Å²) < 4.78 is 4.92. The van der Waals surface area contributed by atoms with Gasteiger partial charge in [0.1, 0.15) is 5.15 Å². The minimum atomic E-state index is 0.451. The van der Waals surface area contributed by atoms with Gasteiger partial charge in [-0.3, -0.25) is 5.10 Å². The number of nitrogens with zero attached hydrogens (tertiary/aromatic N) is 3. The third-order valence-electron chi connectivity index (χ3n) is 2.08. The van der Waals surface area contributed by atoms with Crippen LogP contribution in [0.5, 0.6) is 0 Å². The maximum absolute atomic E-state index is 5.71. The average molecular weight is 254 g/mol. The molecule has 0 saturated carbocycles. The summed E-state index contributed by atoms with van der Waals surface area (Å²) in [5.74, 6) is 1.18. The van der Waals surface area contributed by atoms with Gasteiger partial charge in [-0.2, -0.15) is 4.98 Å². The SMILES string of the molecule is COCCNc1n[nH]c(-c2ccc(Cl)nc2)n1. The van der Waals surface area contributed by atoms with E-state index < -0.39 is 0 Å². The molecule has 2 aromatic rings. The molecule has 7 heteroatoms. The van der Waals surface area contributed by atoms with Gasteiger partial charge in [-0.15, -0.1) is 5.10 Å². The van der Waals surface area contributed by atoms with Crippen LogP contribution in [-0.2, 0) is 4.74 Å². The lowest BCUT2D eigenvalue weighted by atomic mass is 10.3. The van der Waals surface area contributed by atoms with Crippen molar-refractivity contribution in [1.82, 2.24) is 20.2 Å². The number of ether oxygens (including phenoxy) is 1. The summed E-state index contributed by atoms with van der Waals surface area (Å²) in [5, 5.41) is 10.3. The van der Waals surface area contributed by atoms with Crippen molar-refractivity contribution in [3.8, 4) is 11.4 Å². The Morgan fingerprint density at radius 1 is 1.47 bits per heavy atom. The van der Waals surface area contributed by atoms with Gasteiger partial charge in [0, 0.05) is 25.4 Å². The Bertz CT molecular complexity index is 470. The van der Waals surface area contributed by atoms with Crippen LogP contribution in [0.3, 0.4) is 0 Å². The van der Waals surface area contributed by atoms with Crippen molar-refractivity contribution in [1.29, 1.82) is 0 Å². The number of H-pyrrole nitrogens is 1. The van der Waals surface area contributed by atoms with Crippen molar-refractivity contribution in [2.45, 2.75) is 0 Å². The lowest BCUT2D eigenvalue weighted by Gasteiger charge is -1.98. The maximum atomic E-state index is 5.71. The molecule has 2 N–H and O–H groups in total. The predicted molar refractivity (Wildman–Crippen MR) is 65.0 cm³/mol. The molecule has 0 fully saturated rings. The fourth-order valence-corrected chi connectivity index (χ4v) is 1.36. The van der Waals surface area contributed by atoms with Gasteiger partial charge < -0.3 is 10.1 Å². The second-order valence-electron chi connectivity index (χ2n) is 3.30. The quantitative estimate of drug-likeness (QED) is 0.625. The highest BCUT2D eigenvalue weighted by Gasteiger charge is 2.05. The maximum Gasteiger partial charge on any atom is 0.242 e. The molecule has 0 aromatic carbocycles. The molecule has 0 spiro atoms. The Balaban J connectivity index is 2.04. The van der Waals surface area contributed by atoms with Crippen LogP contribution in [0.2, 0.25) is 5.15 Å². The van der Waals surface area contributed by atoms with Gasteiger partial charge in [0.2, 0.25) is 5.95 Å². The first kappa shape index (κ1) is 11.8. The van der Waals surface area contributed by atoms with Gasteiger partial charge in [0.05, 0.1) is 6.61 Å². The number of rotatable bonds is 5. The number of aromatic amines is 1. The molecular formula is C10H12ClN5O. The van der Waals surface area contributed by atoms with E-state index in [9.17, 15) is 0 Å². The molecule has 90 valence electrons. The first-order valence-corrected chi connectivity index (χ1v) is 5.44. The molecule has 2 heterocycles. The second kappa shape index (κ2) is 5.60. The van der Waals surface area contributed by atoms with Crippen LogP contribution in [0, 0.1) is 0 Å². The van der Waals surface area contributed by atoms with E-state index in [2.05, 4.69) is 25.5 Å². The van der Waals surface area contributed by atoms with E-state index in [0.29, 0.717) is 30.1 Å². The number of aromatic nitrogens is 4. The minimum Gasteiger partial charge on any atom is -0.383 e. The first-order valence-electron chi connectivity index (χ1n) is 5.07. The summed E-state index contributed by atoms with van der Waals surface area (Å²) in [4.78, 5) is 8.24. The molecule has 0 radical (unpaired) electrons. The van der Waals surface area contributed by atoms with E-state index in [4.69, 9.17) is 16.3 Å². The summed E-state index contributed by atoms with van der Waals surface area (Å²) in [5.41, 5.74) is 0.835. The van der Waals surface area contributed by atoms with Crippen LogP contribution in [0.25, 0.3) is 11.4 Å². The Hall–Kier alpha value is -1.66. The van der Waals surface area contributed by atoms with Gasteiger partial charge in [-0.05, 0) is 12.1 Å². The number of halogens is 1. The molecule has 6 nitrogen and oxygen atoms in total. The fraction of sp³-hybridized carbons (Fsp3) is 0.300. The van der Waals surface area contributed by atoms with E-state index in [-0.39, 0.29) is 0 Å². The van der Waals surface area contributed by atoms with Crippen LogP contribution < -0.4 is 5.32 Å². The Labute approximate surface area is 103 Å². The van der Waals surface area contributed by atoms with Crippen molar-refractivity contribution < 1.29 is 4.74 Å². The van der Waals surface area contributed by atoms with E-state index in [1.807, 2.05) is 6.07 Å². The van der Waals surface area contributed by atoms with Crippen LogP contribution in [0.15, 0.2) is 18.3 Å². The molecule has 2 aromatic heterocycles. The largest absolute Gasteiger partial charge is 0.383 e. The summed E-state index contributed by atoms with van der Waals surface area (Å²) in [6.07, 6.45) is 1.64. The van der Waals surface area contributed by atoms with Crippen molar-refractivity contribution in [2.75, 3.05) is 25.6 Å². The van der Waals surface area contributed by atoms with Gasteiger partial charge >= 0.3 is 0 Å². The zero-order chi connectivity index (χ0) is 12.1. The minimum absolute atomic E-state index is 0.451. The molecule has 0 atom stereocenters. The van der Waals surface area contributed by atoms with Crippen molar-refractivity contribution in [3.63, 3.8) is 0 Å². The summed E-state index contributed by atoms with van der Waals surface area (Å²) in [6, 6.07) is 3.53. The van der Waals surface area contributed by atoms with E-state index in [0.717, 1.165) is 5.56 Å². The van der Waals surface area contributed by atoms with E-state index >= 15 is 0 Å². The molecule has 0 bridgehead atoms. The Kier molecular flexibility index (Phi) is 3.89. The van der Waals surface area contributed by atoms with Gasteiger partial charge in [0.15, 0.2) is 5.82 Å². The van der Waals surface area contributed by atoms with Crippen LogP contribution in [0.1, 0.15) is 0 Å². The van der Waals surface area contributed by atoms with Crippen LogP contribution in [0.4, 0.5) is 5.95 Å². The second-order valence-corrected chi connectivity index (χ2v) is 3.68. The van der Waals surface area contributed by atoms with Crippen molar-refractivity contribution >= 4 is 17.5 Å². The van der Waals surface area contributed by atoms with Crippen molar-refractivity contribution in [2.24, 2.45) is 0 Å². The van der Waals surface area contributed by atoms with Gasteiger partial charge in [-0.1, -0.05) is 11.6 Å². The highest BCUT2D eigenvalue weighted by atomic mass is 35.5. The number of nitrogens with one attached hydrogen (secondary N) is 2. The van der Waals surface area contributed by atoms with Crippen LogP contribution in [-0.4, -0.2) is 40.4 Å². The molecule has 0 unspecified atom stereocenters. The summed E-state index contributed by atoms with van der Waals surface area (Å²) in [7, 11) is 1.64. The lowest BCUT2D eigenvalue weighted by molar-refractivity contribution is 0.210. The number of anilines is 1. The van der Waals surface area contributed by atoms with Crippen LogP contribution >= 0.6 is 11.6 Å². The van der Waals surface area contributed by atoms with Gasteiger partial charge in [0.25, 0.3) is 0 Å². The molecule has 17 heavy (non-hydrogen) atoms. The van der Waals surface area contributed by atoms with Crippen molar-refractivity contribution in [3.05, 3.63) is 23.5 Å². The number of hydrogen-bond acceptors (Lipinski definition) is 5. The molecule has 0 amide bonds. The lowest BCUT2D eigenvalue weighted by Crippen LogP contribution is -2.08. The smallest absolute Gasteiger partial charge is 0.242 e. The average Bonchev–Trinajstić information content (AvgIpc) is 2.79. The standard InChI is InChI=1S/C10H12ClN5O/c1-17-5-4-12-10-14-9(15-16-10)7-2-3-8(11)13-6-7/h2-3,6H,4-5H2,1H3,(H2,12,14,15,16). The highest BCUT2D eigenvalue weighted by molar-refractivity contribution is 6.29. The molecule has 0 aliphatic heterocycles. The van der Waals surface area contributed by atoms with E-state index in [1.165, 1.54) is 0 Å². The number of hydrogen-bond donors (Lipinski definition) is 2. The number of pyridine rings is 1. The summed E-state index contributed by atoms with van der Waals surface area (Å²) >= 11 is 5.71. The van der Waals surface area contributed by atoms with E-state index in [1.54, 1.807) is 19.4 Å². The predicted octanol–water partition coefficient (Wildman–Crippen LogP) is 1.58. The molecule has 0 aliphatic carbocycles. The normalized spacial score (nSPS) is 10.5. The molecule has 2 rings (SSSR count). The Morgan fingerprint density at radius 2 is 2.35 bits per heavy atom. The first-order chi connectivity index (χ1) is 8.29. The molecular weight excluding hydrogens is 242 g/mol. The zero-order valence-corrected chi connectivity index (χ0v) is 10.0. The fourth-order valence-electron chi connectivity index (χ4n) is 1.25. The third kappa shape index (κ3) is 3.15. The number of methoxy groups -OCH3 is 1. The monoisotopic (exact) mass is 253 g/mol.